The second-order valence-electron chi connectivity index (χ2n) is 5.78. The minimum atomic E-state index is -0.226. The quantitative estimate of drug-likeness (QED) is 0.728. The lowest BCUT2D eigenvalue weighted by Crippen LogP contribution is -2.41. The minimum absolute atomic E-state index is 0.0225. The average Bonchev–Trinajstić information content (AvgIpc) is 2.45. The zero-order valence-corrected chi connectivity index (χ0v) is 12.0. The summed E-state index contributed by atoms with van der Waals surface area (Å²) in [4.78, 5) is 12.1. The van der Waals surface area contributed by atoms with Crippen LogP contribution in [0.2, 0.25) is 0 Å². The summed E-state index contributed by atoms with van der Waals surface area (Å²) in [7, 11) is 0. The van der Waals surface area contributed by atoms with Gasteiger partial charge in [-0.1, -0.05) is 37.6 Å². The van der Waals surface area contributed by atoms with Crippen molar-refractivity contribution in [2.45, 2.75) is 44.7 Å². The Labute approximate surface area is 120 Å². The Morgan fingerprint density at radius 3 is 2.95 bits per heavy atom. The highest BCUT2D eigenvalue weighted by molar-refractivity contribution is 5.78. The summed E-state index contributed by atoms with van der Waals surface area (Å²) in [6.07, 6.45) is 3.29. The van der Waals surface area contributed by atoms with Gasteiger partial charge in [0.15, 0.2) is 0 Å². The number of carbonyl (C=O) groups is 1. The molecule has 0 radical (unpaired) electrons. The van der Waals surface area contributed by atoms with Crippen molar-refractivity contribution in [1.29, 1.82) is 0 Å². The molecule has 110 valence electrons. The van der Waals surface area contributed by atoms with Crippen LogP contribution in [0.1, 0.15) is 43.4 Å². The summed E-state index contributed by atoms with van der Waals surface area (Å²) in [5, 5.41) is 12.4. The van der Waals surface area contributed by atoms with Gasteiger partial charge in [0.05, 0.1) is 12.6 Å². The van der Waals surface area contributed by atoms with Crippen molar-refractivity contribution < 1.29 is 9.90 Å². The maximum atomic E-state index is 12.1. The molecule has 4 nitrogen and oxygen atoms in total. The predicted octanol–water partition coefficient (Wildman–Crippen LogP) is 1.53. The van der Waals surface area contributed by atoms with Crippen LogP contribution in [0.3, 0.4) is 0 Å². The number of carbonyl (C=O) groups excluding carboxylic acids is 1. The number of fused-ring (bicyclic) bond motifs is 2. The molecule has 4 heteroatoms. The van der Waals surface area contributed by atoms with E-state index in [0.29, 0.717) is 6.42 Å². The Kier molecular flexibility index (Phi) is 5.15. The zero-order valence-electron chi connectivity index (χ0n) is 12.0. The van der Waals surface area contributed by atoms with Crippen molar-refractivity contribution in [3.63, 3.8) is 0 Å². The predicted molar refractivity (Wildman–Crippen MR) is 79.1 cm³/mol. The number of hydrogen-bond acceptors (Lipinski definition) is 3. The van der Waals surface area contributed by atoms with Crippen LogP contribution in [0, 0.1) is 5.92 Å². The van der Waals surface area contributed by atoms with Gasteiger partial charge in [0.2, 0.25) is 5.91 Å². The first-order chi connectivity index (χ1) is 9.60. The van der Waals surface area contributed by atoms with Gasteiger partial charge in [0.1, 0.15) is 0 Å². The molecule has 1 unspecified atom stereocenters. The Bertz CT molecular complexity index is 462. The van der Waals surface area contributed by atoms with Crippen LogP contribution in [-0.4, -0.2) is 23.7 Å². The molecule has 1 aromatic rings. The third-order valence-electron chi connectivity index (χ3n) is 4.03. The molecular formula is C16H24N2O2. The number of aliphatic hydroxyl groups is 1. The Morgan fingerprint density at radius 1 is 1.40 bits per heavy atom. The topological polar surface area (TPSA) is 75.3 Å². The molecule has 0 aromatic heterocycles. The lowest BCUT2D eigenvalue weighted by Gasteiger charge is -2.22. The smallest absolute Gasteiger partial charge is 0.223 e. The lowest BCUT2D eigenvalue weighted by molar-refractivity contribution is -0.125. The van der Waals surface area contributed by atoms with Gasteiger partial charge >= 0.3 is 0 Å². The second-order valence-corrected chi connectivity index (χ2v) is 5.78. The fourth-order valence-corrected chi connectivity index (χ4v) is 2.68. The molecule has 4 N–H and O–H groups in total. The highest BCUT2D eigenvalue weighted by atomic mass is 16.3. The van der Waals surface area contributed by atoms with Crippen LogP contribution < -0.4 is 11.1 Å². The maximum Gasteiger partial charge on any atom is 0.223 e. The van der Waals surface area contributed by atoms with Crippen LogP contribution in [-0.2, 0) is 11.2 Å². The number of amides is 1. The molecule has 0 saturated carbocycles. The van der Waals surface area contributed by atoms with Gasteiger partial charge in [0.25, 0.3) is 0 Å². The van der Waals surface area contributed by atoms with Gasteiger partial charge < -0.3 is 16.2 Å². The van der Waals surface area contributed by atoms with Crippen molar-refractivity contribution in [1.82, 2.24) is 5.32 Å². The van der Waals surface area contributed by atoms with E-state index in [1.807, 2.05) is 19.1 Å². The van der Waals surface area contributed by atoms with E-state index in [2.05, 4.69) is 17.4 Å². The van der Waals surface area contributed by atoms with Crippen molar-refractivity contribution in [2.24, 2.45) is 11.7 Å². The Hall–Kier alpha value is -1.39. The van der Waals surface area contributed by atoms with E-state index in [0.717, 1.165) is 30.4 Å². The Morgan fingerprint density at radius 2 is 2.20 bits per heavy atom. The maximum absolute atomic E-state index is 12.1. The van der Waals surface area contributed by atoms with E-state index in [-0.39, 0.29) is 30.5 Å². The van der Waals surface area contributed by atoms with E-state index in [1.54, 1.807) is 0 Å². The van der Waals surface area contributed by atoms with Crippen molar-refractivity contribution in [3.8, 4) is 0 Å². The van der Waals surface area contributed by atoms with Gasteiger partial charge in [-0.25, -0.2) is 0 Å². The van der Waals surface area contributed by atoms with E-state index in [4.69, 9.17) is 5.73 Å². The number of rotatable bonds is 1. The fourth-order valence-electron chi connectivity index (χ4n) is 2.68. The highest BCUT2D eigenvalue weighted by Crippen LogP contribution is 2.21. The molecule has 0 fully saturated rings. The normalized spacial score (nSPS) is 28.1. The molecule has 20 heavy (non-hydrogen) atoms. The van der Waals surface area contributed by atoms with Crippen LogP contribution in [0.25, 0.3) is 0 Å². The van der Waals surface area contributed by atoms with Gasteiger partial charge in [-0.2, -0.15) is 0 Å². The minimum Gasteiger partial charge on any atom is -0.394 e. The number of nitrogens with two attached hydrogens (primary N) is 1. The van der Waals surface area contributed by atoms with Crippen molar-refractivity contribution >= 4 is 5.91 Å². The van der Waals surface area contributed by atoms with E-state index >= 15 is 0 Å². The third kappa shape index (κ3) is 3.81. The van der Waals surface area contributed by atoms with Crippen molar-refractivity contribution in [2.75, 3.05) is 6.61 Å². The molecule has 2 rings (SSSR count). The van der Waals surface area contributed by atoms with Crippen LogP contribution >= 0.6 is 0 Å². The van der Waals surface area contributed by atoms with E-state index < -0.39 is 0 Å². The van der Waals surface area contributed by atoms with Crippen LogP contribution in [0.5, 0.6) is 0 Å². The lowest BCUT2D eigenvalue weighted by atomic mass is 9.94. The molecule has 1 aliphatic heterocycles. The van der Waals surface area contributed by atoms with Gasteiger partial charge in [-0.15, -0.1) is 0 Å². The van der Waals surface area contributed by atoms with E-state index in [1.165, 1.54) is 0 Å². The van der Waals surface area contributed by atoms with Gasteiger partial charge in [0, 0.05) is 12.0 Å². The first-order valence-corrected chi connectivity index (χ1v) is 7.35. The monoisotopic (exact) mass is 276 g/mol. The summed E-state index contributed by atoms with van der Waals surface area (Å²) in [6.45, 7) is 1.88. The molecule has 1 heterocycles. The molecule has 0 aliphatic carbocycles. The molecule has 1 amide bonds. The number of nitrogens with one attached hydrogen (secondary N) is 1. The third-order valence-corrected chi connectivity index (χ3v) is 4.03. The largest absolute Gasteiger partial charge is 0.394 e. The highest BCUT2D eigenvalue weighted by Gasteiger charge is 2.19. The molecule has 3 atom stereocenters. The number of aliphatic hydroxyl groups excluding tert-OH is 1. The van der Waals surface area contributed by atoms with E-state index in [9.17, 15) is 9.90 Å². The SMILES string of the molecule is C[C@@H]1CCC[C@H](N)c2cccc(c2)CC(CO)NC1=O. The van der Waals surface area contributed by atoms with Gasteiger partial charge in [-0.3, -0.25) is 4.79 Å². The molecule has 2 bridgehead atoms. The summed E-state index contributed by atoms with van der Waals surface area (Å²) in [5.41, 5.74) is 8.46. The molecule has 0 spiro atoms. The molecular weight excluding hydrogens is 252 g/mol. The summed E-state index contributed by atoms with van der Waals surface area (Å²) in [5.74, 6) is -0.0108. The summed E-state index contributed by atoms with van der Waals surface area (Å²) < 4.78 is 0. The second kappa shape index (κ2) is 6.86. The Balaban J connectivity index is 2.23. The van der Waals surface area contributed by atoms with Gasteiger partial charge in [-0.05, 0) is 30.4 Å². The zero-order chi connectivity index (χ0) is 14.5. The average molecular weight is 276 g/mol. The molecule has 0 saturated heterocycles. The standard InChI is InChI=1S/C16H24N2O2/c1-11-4-2-7-15(17)13-6-3-5-12(8-13)9-14(10-19)18-16(11)20/h3,5-6,8,11,14-15,19H,2,4,7,9-10,17H2,1H3,(H,18,20)/t11-,14?,15+/m1/s1. The fraction of sp³-hybridized carbons (Fsp3) is 0.562. The molecule has 1 aromatic carbocycles. The summed E-state index contributed by atoms with van der Waals surface area (Å²) in [6, 6.07) is 7.95. The van der Waals surface area contributed by atoms with Crippen LogP contribution in [0.4, 0.5) is 0 Å². The summed E-state index contributed by atoms with van der Waals surface area (Å²) >= 11 is 0. The first-order valence-electron chi connectivity index (χ1n) is 7.35. The number of hydrogen-bond donors (Lipinski definition) is 3. The van der Waals surface area contributed by atoms with Crippen LogP contribution in [0.15, 0.2) is 24.3 Å². The van der Waals surface area contributed by atoms with Crippen molar-refractivity contribution in [3.05, 3.63) is 35.4 Å². The molecule has 1 aliphatic rings. The first kappa shape index (κ1) is 15.0. The number of benzene rings is 1.